The number of methoxy groups -OCH3 is 1. The Hall–Kier alpha value is -2.43. The number of ether oxygens (including phenoxy) is 1. The topological polar surface area (TPSA) is 72.1 Å². The lowest BCUT2D eigenvalue weighted by atomic mass is 10.1. The van der Waals surface area contributed by atoms with E-state index in [1.54, 1.807) is 30.4 Å². The zero-order valence-corrected chi connectivity index (χ0v) is 9.84. The fraction of sp³-hybridized carbons (Fsp3) is 0.154. The number of hydrogen-bond donors (Lipinski definition) is 1. The van der Waals surface area contributed by atoms with Crippen LogP contribution in [0.1, 0.15) is 12.0 Å². The monoisotopic (exact) mass is 244 g/mol. The number of carbonyl (C=O) groups is 1. The molecule has 0 spiro atoms. The van der Waals surface area contributed by atoms with Crippen molar-refractivity contribution in [3.05, 3.63) is 46.5 Å². The highest BCUT2D eigenvalue weighted by Crippen LogP contribution is 2.11. The lowest BCUT2D eigenvalue weighted by Gasteiger charge is -1.97. The molecule has 0 amide bonds. The van der Waals surface area contributed by atoms with Crippen molar-refractivity contribution in [2.45, 2.75) is 6.42 Å². The molecule has 2 rings (SSSR count). The third kappa shape index (κ3) is 2.63. The molecule has 0 unspecified atom stereocenters. The molecule has 0 aliphatic heterocycles. The fourth-order valence-corrected chi connectivity index (χ4v) is 1.56. The SMILES string of the molecule is COC(=O)CC=Cc1ccc2c(=O)[nH]cnc2c1. The standard InChI is InChI=1S/C13H12N2O3/c1-18-12(16)4-2-3-9-5-6-10-11(7-9)14-8-15-13(10)17/h2-3,5-8H,4H2,1H3,(H,14,15,17). The molecule has 1 aromatic heterocycles. The van der Waals surface area contributed by atoms with Crippen molar-refractivity contribution in [1.82, 2.24) is 9.97 Å². The first-order valence-corrected chi connectivity index (χ1v) is 5.41. The molecule has 0 aliphatic carbocycles. The third-order valence-corrected chi connectivity index (χ3v) is 2.49. The van der Waals surface area contributed by atoms with Gasteiger partial charge in [0.15, 0.2) is 0 Å². The Kier molecular flexibility index (Phi) is 3.52. The molecule has 0 aliphatic rings. The highest BCUT2D eigenvalue weighted by atomic mass is 16.5. The van der Waals surface area contributed by atoms with E-state index in [0.29, 0.717) is 10.9 Å². The van der Waals surface area contributed by atoms with Gasteiger partial charge in [-0.25, -0.2) is 4.98 Å². The maximum absolute atomic E-state index is 11.5. The van der Waals surface area contributed by atoms with Crippen molar-refractivity contribution in [3.63, 3.8) is 0 Å². The van der Waals surface area contributed by atoms with Gasteiger partial charge in [-0.3, -0.25) is 9.59 Å². The van der Waals surface area contributed by atoms with Gasteiger partial charge in [0.05, 0.1) is 30.8 Å². The first-order chi connectivity index (χ1) is 8.70. The van der Waals surface area contributed by atoms with Crippen molar-refractivity contribution in [3.8, 4) is 0 Å². The summed E-state index contributed by atoms with van der Waals surface area (Å²) in [5, 5.41) is 0.544. The van der Waals surface area contributed by atoms with Crippen molar-refractivity contribution < 1.29 is 9.53 Å². The van der Waals surface area contributed by atoms with Crippen molar-refractivity contribution in [2.24, 2.45) is 0 Å². The van der Waals surface area contributed by atoms with E-state index in [4.69, 9.17) is 0 Å². The van der Waals surface area contributed by atoms with Crippen LogP contribution < -0.4 is 5.56 Å². The summed E-state index contributed by atoms with van der Waals surface area (Å²) in [6.45, 7) is 0. The first kappa shape index (κ1) is 12.0. The zero-order valence-electron chi connectivity index (χ0n) is 9.84. The van der Waals surface area contributed by atoms with E-state index in [1.807, 2.05) is 0 Å². The summed E-state index contributed by atoms with van der Waals surface area (Å²) in [5.41, 5.74) is 1.34. The van der Waals surface area contributed by atoms with Gasteiger partial charge in [-0.1, -0.05) is 18.2 Å². The van der Waals surface area contributed by atoms with Gasteiger partial charge < -0.3 is 9.72 Å². The number of esters is 1. The minimum absolute atomic E-state index is 0.162. The fourth-order valence-electron chi connectivity index (χ4n) is 1.56. The van der Waals surface area contributed by atoms with Gasteiger partial charge in [0.25, 0.3) is 5.56 Å². The summed E-state index contributed by atoms with van der Waals surface area (Å²) < 4.78 is 4.53. The molecule has 1 heterocycles. The average molecular weight is 244 g/mol. The number of fused-ring (bicyclic) bond motifs is 1. The molecule has 92 valence electrons. The molecule has 0 bridgehead atoms. The Labute approximate surface area is 103 Å². The summed E-state index contributed by atoms with van der Waals surface area (Å²) in [6, 6.07) is 5.30. The van der Waals surface area contributed by atoms with Gasteiger partial charge in [0.2, 0.25) is 0 Å². The quantitative estimate of drug-likeness (QED) is 0.830. The highest BCUT2D eigenvalue weighted by Gasteiger charge is 1.99. The van der Waals surface area contributed by atoms with E-state index in [1.165, 1.54) is 13.4 Å². The molecule has 0 saturated carbocycles. The molecule has 5 nitrogen and oxygen atoms in total. The predicted molar refractivity (Wildman–Crippen MR) is 68.0 cm³/mol. The number of benzene rings is 1. The van der Waals surface area contributed by atoms with Crippen LogP contribution in [0.2, 0.25) is 0 Å². The Morgan fingerprint density at radius 3 is 3.11 bits per heavy atom. The lowest BCUT2D eigenvalue weighted by molar-refractivity contribution is -0.139. The molecule has 0 radical (unpaired) electrons. The molecule has 0 saturated heterocycles. The summed E-state index contributed by atoms with van der Waals surface area (Å²) in [6.07, 6.45) is 5.09. The van der Waals surface area contributed by atoms with Crippen LogP contribution in [0.25, 0.3) is 17.0 Å². The average Bonchev–Trinajstić information content (AvgIpc) is 2.38. The minimum atomic E-state index is -0.290. The van der Waals surface area contributed by atoms with Gasteiger partial charge in [-0.05, 0) is 17.7 Å². The van der Waals surface area contributed by atoms with E-state index < -0.39 is 0 Å². The van der Waals surface area contributed by atoms with E-state index in [2.05, 4.69) is 14.7 Å². The van der Waals surface area contributed by atoms with Crippen molar-refractivity contribution in [1.29, 1.82) is 0 Å². The molecule has 2 aromatic rings. The number of hydrogen-bond acceptors (Lipinski definition) is 4. The summed E-state index contributed by atoms with van der Waals surface area (Å²) in [7, 11) is 1.35. The summed E-state index contributed by atoms with van der Waals surface area (Å²) in [4.78, 5) is 29.0. The highest BCUT2D eigenvalue weighted by molar-refractivity contribution is 5.80. The van der Waals surface area contributed by atoms with E-state index in [-0.39, 0.29) is 17.9 Å². The van der Waals surface area contributed by atoms with Crippen LogP contribution in [0.15, 0.2) is 35.4 Å². The van der Waals surface area contributed by atoms with Crippen molar-refractivity contribution >= 4 is 22.9 Å². The molecule has 0 atom stereocenters. The van der Waals surface area contributed by atoms with Gasteiger partial charge >= 0.3 is 5.97 Å². The van der Waals surface area contributed by atoms with E-state index >= 15 is 0 Å². The number of H-pyrrole nitrogens is 1. The molecule has 5 heteroatoms. The summed E-state index contributed by atoms with van der Waals surface area (Å²) in [5.74, 6) is -0.290. The number of nitrogens with one attached hydrogen (secondary N) is 1. The Morgan fingerprint density at radius 1 is 1.50 bits per heavy atom. The number of carbonyl (C=O) groups excluding carboxylic acids is 1. The Morgan fingerprint density at radius 2 is 2.33 bits per heavy atom. The molecular weight excluding hydrogens is 232 g/mol. The van der Waals surface area contributed by atoms with Crippen LogP contribution in [-0.2, 0) is 9.53 Å². The maximum Gasteiger partial charge on any atom is 0.309 e. The normalized spacial score (nSPS) is 10.9. The maximum atomic E-state index is 11.5. The number of aromatic nitrogens is 2. The van der Waals surface area contributed by atoms with Gasteiger partial charge in [0.1, 0.15) is 0 Å². The van der Waals surface area contributed by atoms with Crippen LogP contribution in [0.5, 0.6) is 0 Å². The van der Waals surface area contributed by atoms with Crippen molar-refractivity contribution in [2.75, 3.05) is 7.11 Å². The third-order valence-electron chi connectivity index (χ3n) is 2.49. The minimum Gasteiger partial charge on any atom is -0.469 e. The second kappa shape index (κ2) is 5.27. The second-order valence-corrected chi connectivity index (χ2v) is 3.69. The van der Waals surface area contributed by atoms with E-state index in [0.717, 1.165) is 5.56 Å². The summed E-state index contributed by atoms with van der Waals surface area (Å²) >= 11 is 0. The van der Waals surface area contributed by atoms with Gasteiger partial charge in [-0.2, -0.15) is 0 Å². The van der Waals surface area contributed by atoms with E-state index in [9.17, 15) is 9.59 Å². The van der Waals surface area contributed by atoms with Gasteiger partial charge in [0, 0.05) is 0 Å². The van der Waals surface area contributed by atoms with Crippen LogP contribution in [0.4, 0.5) is 0 Å². The van der Waals surface area contributed by atoms with Crippen LogP contribution >= 0.6 is 0 Å². The Balaban J connectivity index is 2.26. The number of nitrogens with zero attached hydrogens (tertiary/aromatic N) is 1. The van der Waals surface area contributed by atoms with Crippen LogP contribution in [0, 0.1) is 0 Å². The Bertz CT molecular complexity index is 659. The zero-order chi connectivity index (χ0) is 13.0. The van der Waals surface area contributed by atoms with Crippen LogP contribution in [-0.4, -0.2) is 23.0 Å². The lowest BCUT2D eigenvalue weighted by Crippen LogP contribution is -2.05. The second-order valence-electron chi connectivity index (χ2n) is 3.69. The molecule has 1 N–H and O–H groups in total. The van der Waals surface area contributed by atoms with Crippen LogP contribution in [0.3, 0.4) is 0 Å². The number of rotatable bonds is 3. The van der Waals surface area contributed by atoms with Gasteiger partial charge in [-0.15, -0.1) is 0 Å². The molecular formula is C13H12N2O3. The first-order valence-electron chi connectivity index (χ1n) is 5.41. The smallest absolute Gasteiger partial charge is 0.309 e. The molecule has 18 heavy (non-hydrogen) atoms. The molecule has 1 aromatic carbocycles. The molecule has 0 fully saturated rings. The largest absolute Gasteiger partial charge is 0.469 e. The number of aromatic amines is 1. The predicted octanol–water partition coefficient (Wildman–Crippen LogP) is 1.50.